The van der Waals surface area contributed by atoms with Crippen LogP contribution < -0.4 is 16.0 Å². The predicted octanol–water partition coefficient (Wildman–Crippen LogP) is 2.89. The lowest BCUT2D eigenvalue weighted by atomic mass is 10.1. The minimum Gasteiger partial charge on any atom is -0.468 e. The van der Waals surface area contributed by atoms with Crippen molar-refractivity contribution in [2.24, 2.45) is 4.99 Å². The number of likely N-dealkylation sites (tertiary alicyclic amines) is 1. The van der Waals surface area contributed by atoms with E-state index < -0.39 is 11.9 Å². The van der Waals surface area contributed by atoms with Crippen LogP contribution in [0.3, 0.4) is 0 Å². The van der Waals surface area contributed by atoms with Crippen LogP contribution in [0.15, 0.2) is 40.1 Å². The fraction of sp³-hybridized carbons (Fsp3) is 0.550. The first-order chi connectivity index (χ1) is 15.0. The minimum atomic E-state index is -4.50. The molecule has 1 unspecified atom stereocenters. The normalized spacial score (nSPS) is 16.7. The highest BCUT2D eigenvalue weighted by atomic mass is 19.4. The lowest BCUT2D eigenvalue weighted by Crippen LogP contribution is -2.45. The van der Waals surface area contributed by atoms with Crippen LogP contribution >= 0.6 is 0 Å². The van der Waals surface area contributed by atoms with Crippen molar-refractivity contribution < 1.29 is 17.6 Å². The number of nitrogens with zero attached hydrogens (tertiary/aromatic N) is 4. The second-order valence-corrected chi connectivity index (χ2v) is 7.20. The van der Waals surface area contributed by atoms with Crippen LogP contribution in [0.1, 0.15) is 36.8 Å². The lowest BCUT2D eigenvalue weighted by Gasteiger charge is -2.33. The van der Waals surface area contributed by atoms with E-state index in [4.69, 9.17) is 4.42 Å². The van der Waals surface area contributed by atoms with E-state index in [9.17, 15) is 13.2 Å². The molecule has 1 atom stereocenters. The molecule has 3 heterocycles. The van der Waals surface area contributed by atoms with Crippen molar-refractivity contribution in [3.63, 3.8) is 0 Å². The first-order valence-corrected chi connectivity index (χ1v) is 10.3. The number of guanidine groups is 1. The summed E-state index contributed by atoms with van der Waals surface area (Å²) in [5.74, 6) is 1.44. The molecular formula is C20H28F3N7O. The molecule has 0 spiro atoms. The Hall–Kier alpha value is -2.82. The number of anilines is 1. The number of aliphatic imine (C=N–C) groups is 1. The van der Waals surface area contributed by atoms with Crippen molar-refractivity contribution in [2.75, 3.05) is 45.1 Å². The van der Waals surface area contributed by atoms with Crippen LogP contribution in [0.5, 0.6) is 0 Å². The second-order valence-electron chi connectivity index (χ2n) is 7.20. The van der Waals surface area contributed by atoms with E-state index in [-0.39, 0.29) is 12.0 Å². The highest BCUT2D eigenvalue weighted by Crippen LogP contribution is 2.27. The molecule has 2 aromatic rings. The Morgan fingerprint density at radius 1 is 1.19 bits per heavy atom. The third-order valence-corrected chi connectivity index (χ3v) is 5.04. The molecule has 0 amide bonds. The van der Waals surface area contributed by atoms with Gasteiger partial charge in [-0.2, -0.15) is 13.2 Å². The SMILES string of the molecule is CN=C(NCCNc1nccc(C(F)(F)F)n1)NCC(c1ccco1)N1CCCCC1. The molecule has 0 bridgehead atoms. The average molecular weight is 439 g/mol. The van der Waals surface area contributed by atoms with E-state index in [0.29, 0.717) is 25.6 Å². The van der Waals surface area contributed by atoms with Crippen molar-refractivity contribution >= 4 is 11.9 Å². The van der Waals surface area contributed by atoms with Crippen molar-refractivity contribution in [1.82, 2.24) is 25.5 Å². The zero-order chi connectivity index (χ0) is 22.1. The maximum absolute atomic E-state index is 12.7. The first-order valence-electron chi connectivity index (χ1n) is 10.3. The molecule has 170 valence electrons. The maximum atomic E-state index is 12.7. The first kappa shape index (κ1) is 22.9. The molecule has 0 aliphatic carbocycles. The Bertz CT molecular complexity index is 820. The topological polar surface area (TPSA) is 90.6 Å². The van der Waals surface area contributed by atoms with Crippen LogP contribution in [0, 0.1) is 0 Å². The van der Waals surface area contributed by atoms with Gasteiger partial charge in [0.15, 0.2) is 5.96 Å². The summed E-state index contributed by atoms with van der Waals surface area (Å²) in [6, 6.07) is 4.81. The monoisotopic (exact) mass is 439 g/mol. The molecule has 11 heteroatoms. The molecule has 3 rings (SSSR count). The quantitative estimate of drug-likeness (QED) is 0.331. The van der Waals surface area contributed by atoms with Gasteiger partial charge in [0.1, 0.15) is 11.5 Å². The summed E-state index contributed by atoms with van der Waals surface area (Å²) < 4.78 is 43.8. The number of aromatic nitrogens is 2. The fourth-order valence-corrected chi connectivity index (χ4v) is 3.49. The van der Waals surface area contributed by atoms with Gasteiger partial charge in [-0.15, -0.1) is 0 Å². The van der Waals surface area contributed by atoms with E-state index in [1.807, 2.05) is 12.1 Å². The van der Waals surface area contributed by atoms with E-state index in [0.717, 1.165) is 31.1 Å². The molecule has 0 saturated carbocycles. The van der Waals surface area contributed by atoms with Gasteiger partial charge in [-0.25, -0.2) is 9.97 Å². The van der Waals surface area contributed by atoms with Crippen LogP contribution in [-0.2, 0) is 6.18 Å². The van der Waals surface area contributed by atoms with Gasteiger partial charge in [-0.3, -0.25) is 9.89 Å². The van der Waals surface area contributed by atoms with Gasteiger partial charge in [0, 0.05) is 32.9 Å². The number of hydrogen-bond donors (Lipinski definition) is 3. The van der Waals surface area contributed by atoms with E-state index in [1.54, 1.807) is 13.3 Å². The van der Waals surface area contributed by atoms with Crippen LogP contribution in [0.4, 0.5) is 19.1 Å². The largest absolute Gasteiger partial charge is 0.468 e. The summed E-state index contributed by atoms with van der Waals surface area (Å²) in [6.45, 7) is 3.43. The number of alkyl halides is 3. The van der Waals surface area contributed by atoms with Crippen LogP contribution in [0.2, 0.25) is 0 Å². The number of halogens is 3. The second kappa shape index (κ2) is 11.0. The predicted molar refractivity (Wildman–Crippen MR) is 112 cm³/mol. The van der Waals surface area contributed by atoms with Crippen molar-refractivity contribution in [3.8, 4) is 0 Å². The number of rotatable bonds is 8. The lowest BCUT2D eigenvalue weighted by molar-refractivity contribution is -0.141. The number of piperidine rings is 1. The third-order valence-electron chi connectivity index (χ3n) is 5.04. The molecular weight excluding hydrogens is 411 g/mol. The van der Waals surface area contributed by atoms with Crippen LogP contribution in [-0.4, -0.2) is 60.6 Å². The van der Waals surface area contributed by atoms with E-state index in [2.05, 4.69) is 35.8 Å². The molecule has 8 nitrogen and oxygen atoms in total. The molecule has 1 aliphatic heterocycles. The van der Waals surface area contributed by atoms with Gasteiger partial charge >= 0.3 is 6.18 Å². The van der Waals surface area contributed by atoms with Gasteiger partial charge in [0.25, 0.3) is 0 Å². The Morgan fingerprint density at radius 2 is 2.00 bits per heavy atom. The van der Waals surface area contributed by atoms with Gasteiger partial charge in [-0.05, 0) is 44.1 Å². The smallest absolute Gasteiger partial charge is 0.433 e. The third kappa shape index (κ3) is 6.84. The van der Waals surface area contributed by atoms with Gasteiger partial charge in [0.2, 0.25) is 5.95 Å². The summed E-state index contributed by atoms with van der Waals surface area (Å²) in [5, 5.41) is 9.23. The van der Waals surface area contributed by atoms with Crippen LogP contribution in [0.25, 0.3) is 0 Å². The van der Waals surface area contributed by atoms with Crippen molar-refractivity contribution in [3.05, 3.63) is 42.1 Å². The molecule has 31 heavy (non-hydrogen) atoms. The Morgan fingerprint density at radius 3 is 2.68 bits per heavy atom. The fourth-order valence-electron chi connectivity index (χ4n) is 3.49. The average Bonchev–Trinajstić information content (AvgIpc) is 3.30. The summed E-state index contributed by atoms with van der Waals surface area (Å²) in [5.41, 5.74) is -0.975. The number of furan rings is 1. The zero-order valence-corrected chi connectivity index (χ0v) is 17.5. The molecule has 3 N–H and O–H groups in total. The summed E-state index contributed by atoms with van der Waals surface area (Å²) in [7, 11) is 1.67. The summed E-state index contributed by atoms with van der Waals surface area (Å²) >= 11 is 0. The van der Waals surface area contributed by atoms with Gasteiger partial charge < -0.3 is 20.4 Å². The number of hydrogen-bond acceptors (Lipinski definition) is 6. The molecule has 0 aromatic carbocycles. The standard InChI is InChI=1S/C20H28F3N7O/c1-24-18(26-9-10-27-19-25-8-7-17(29-19)20(21,22)23)28-14-15(16-6-5-13-31-16)30-11-3-2-4-12-30/h5-8,13,15H,2-4,9-12,14H2,1H3,(H2,24,26,28)(H,25,27,29). The molecule has 1 fully saturated rings. The Labute approximate surface area is 179 Å². The maximum Gasteiger partial charge on any atom is 0.433 e. The van der Waals surface area contributed by atoms with E-state index >= 15 is 0 Å². The van der Waals surface area contributed by atoms with Gasteiger partial charge in [0.05, 0.1) is 12.3 Å². The Kier molecular flexibility index (Phi) is 8.10. The zero-order valence-electron chi connectivity index (χ0n) is 17.5. The molecule has 1 aliphatic rings. The summed E-state index contributed by atoms with van der Waals surface area (Å²) in [6.07, 6.45) is 1.87. The molecule has 1 saturated heterocycles. The summed E-state index contributed by atoms with van der Waals surface area (Å²) in [4.78, 5) is 13.9. The highest BCUT2D eigenvalue weighted by Gasteiger charge is 2.32. The minimum absolute atomic E-state index is 0.0671. The van der Waals surface area contributed by atoms with Crippen molar-refractivity contribution in [1.29, 1.82) is 0 Å². The number of nitrogens with one attached hydrogen (secondary N) is 3. The highest BCUT2D eigenvalue weighted by molar-refractivity contribution is 5.79. The Balaban J connectivity index is 1.46. The van der Waals surface area contributed by atoms with Crippen molar-refractivity contribution in [2.45, 2.75) is 31.5 Å². The van der Waals surface area contributed by atoms with E-state index in [1.165, 1.54) is 19.3 Å². The molecule has 2 aromatic heterocycles. The van der Waals surface area contributed by atoms with Gasteiger partial charge in [-0.1, -0.05) is 6.42 Å². The molecule has 0 radical (unpaired) electrons.